The van der Waals surface area contributed by atoms with Gasteiger partial charge in [-0.05, 0) is 55.5 Å². The number of nitrogens with one attached hydrogen (secondary N) is 2. The summed E-state index contributed by atoms with van der Waals surface area (Å²) in [7, 11) is 0. The Morgan fingerprint density at radius 2 is 1.86 bits per heavy atom. The second-order valence-electron chi connectivity index (χ2n) is 7.90. The van der Waals surface area contributed by atoms with Crippen molar-refractivity contribution < 1.29 is 4.79 Å². The summed E-state index contributed by atoms with van der Waals surface area (Å²) >= 11 is 5.16. The summed E-state index contributed by atoms with van der Waals surface area (Å²) in [5, 5.41) is 14.9. The number of rotatable bonds is 8. The number of anilines is 1. The third kappa shape index (κ3) is 5.67. The maximum Gasteiger partial charge on any atom is 0.244 e. The lowest BCUT2D eigenvalue weighted by molar-refractivity contribution is -0.116. The molecule has 0 fully saturated rings. The van der Waals surface area contributed by atoms with Crippen LogP contribution in [-0.4, -0.2) is 20.5 Å². The Hall–Kier alpha value is -3.75. The van der Waals surface area contributed by atoms with E-state index in [1.165, 1.54) is 0 Å². The highest BCUT2D eigenvalue weighted by Crippen LogP contribution is 2.26. The number of aromatic nitrogens is 3. The highest BCUT2D eigenvalue weighted by atomic mass is 79.9. The van der Waals surface area contributed by atoms with Crippen LogP contribution in [0.15, 0.2) is 94.2 Å². The number of amides is 1. The first-order valence-corrected chi connectivity index (χ1v) is 12.8. The summed E-state index contributed by atoms with van der Waals surface area (Å²) in [5.74, 6) is 0.730. The van der Waals surface area contributed by atoms with Crippen molar-refractivity contribution in [3.05, 3.63) is 111 Å². The molecular formula is C27H22BrN5OS. The number of carbonyl (C=O) groups excluding carboxylic acids is 1. The molecule has 35 heavy (non-hydrogen) atoms. The van der Waals surface area contributed by atoms with Gasteiger partial charge >= 0.3 is 0 Å². The highest BCUT2D eigenvalue weighted by molar-refractivity contribution is 9.10. The first kappa shape index (κ1) is 23.0. The first-order valence-electron chi connectivity index (χ1n) is 11.1. The molecule has 5 rings (SSSR count). The second-order valence-corrected chi connectivity index (χ2v) is 9.54. The van der Waals surface area contributed by atoms with Crippen LogP contribution in [0.1, 0.15) is 16.7 Å². The van der Waals surface area contributed by atoms with Crippen molar-refractivity contribution in [3.8, 4) is 11.3 Å². The lowest BCUT2D eigenvalue weighted by Gasteiger charge is -2.12. The van der Waals surface area contributed by atoms with Gasteiger partial charge in [-0.1, -0.05) is 54.6 Å². The lowest BCUT2D eigenvalue weighted by atomic mass is 10.1. The average Bonchev–Trinajstić information content (AvgIpc) is 3.55. The van der Waals surface area contributed by atoms with Gasteiger partial charge in [-0.3, -0.25) is 4.79 Å². The largest absolute Gasteiger partial charge is 0.366 e. The summed E-state index contributed by atoms with van der Waals surface area (Å²) in [4.78, 5) is 16.9. The van der Waals surface area contributed by atoms with E-state index in [9.17, 15) is 4.79 Å². The van der Waals surface area contributed by atoms with E-state index in [2.05, 4.69) is 43.8 Å². The number of fused-ring (bicyclic) bond motifs is 1. The number of halogens is 1. The van der Waals surface area contributed by atoms with Crippen molar-refractivity contribution in [2.75, 3.05) is 5.32 Å². The summed E-state index contributed by atoms with van der Waals surface area (Å²) < 4.78 is 2.63. The molecule has 0 spiro atoms. The first-order chi connectivity index (χ1) is 17.2. The maximum atomic E-state index is 12.2. The van der Waals surface area contributed by atoms with Crippen LogP contribution in [0.5, 0.6) is 0 Å². The molecule has 0 aliphatic rings. The fraction of sp³-hybridized carbons (Fsp3) is 0.0741. The van der Waals surface area contributed by atoms with E-state index in [1.54, 1.807) is 28.1 Å². The van der Waals surface area contributed by atoms with E-state index >= 15 is 0 Å². The van der Waals surface area contributed by atoms with Crippen LogP contribution in [0.3, 0.4) is 0 Å². The lowest BCUT2D eigenvalue weighted by Crippen LogP contribution is -2.20. The Morgan fingerprint density at radius 3 is 2.66 bits per heavy atom. The van der Waals surface area contributed by atoms with Crippen molar-refractivity contribution in [2.24, 2.45) is 0 Å². The Labute approximate surface area is 215 Å². The van der Waals surface area contributed by atoms with Crippen molar-refractivity contribution in [1.82, 2.24) is 19.9 Å². The fourth-order valence-electron chi connectivity index (χ4n) is 3.65. The average molecular weight is 544 g/mol. The van der Waals surface area contributed by atoms with Crippen LogP contribution in [0.25, 0.3) is 23.0 Å². The molecule has 0 atom stereocenters. The van der Waals surface area contributed by atoms with Gasteiger partial charge in [0.2, 0.25) is 5.91 Å². The summed E-state index contributed by atoms with van der Waals surface area (Å²) in [6, 6.07) is 22.2. The predicted molar refractivity (Wildman–Crippen MR) is 145 cm³/mol. The number of nitrogens with zero attached hydrogens (tertiary/aromatic N) is 3. The molecule has 3 heterocycles. The monoisotopic (exact) mass is 543 g/mol. The standard InChI is InChI=1S/C27H22BrN5OS/c28-23-17-31-33-25(14-24(32-27(23)33)22-7-2-1-3-8-22)29-15-20-5-4-6-21(13-20)16-30-26(34)10-9-19-11-12-35-18-19/h1-14,17-18,29H,15-16H2,(H,30,34)/b10-9+. The minimum Gasteiger partial charge on any atom is -0.366 e. The molecule has 0 radical (unpaired) electrons. The summed E-state index contributed by atoms with van der Waals surface area (Å²) in [6.07, 6.45) is 5.13. The van der Waals surface area contributed by atoms with E-state index in [1.807, 2.05) is 71.4 Å². The van der Waals surface area contributed by atoms with E-state index in [4.69, 9.17) is 4.98 Å². The molecule has 174 valence electrons. The minimum absolute atomic E-state index is 0.114. The topological polar surface area (TPSA) is 71.3 Å². The van der Waals surface area contributed by atoms with Crippen LogP contribution in [0.4, 0.5) is 5.82 Å². The SMILES string of the molecule is O=C(/C=C/c1ccsc1)NCc1cccc(CNc2cc(-c3ccccc3)nc3c(Br)cnn23)c1. The second kappa shape index (κ2) is 10.7. The van der Waals surface area contributed by atoms with Crippen LogP contribution < -0.4 is 10.6 Å². The third-order valence-electron chi connectivity index (χ3n) is 5.40. The number of hydrogen-bond donors (Lipinski definition) is 2. The quantitative estimate of drug-likeness (QED) is 0.230. The Morgan fingerprint density at radius 1 is 1.03 bits per heavy atom. The van der Waals surface area contributed by atoms with Gasteiger partial charge in [0.25, 0.3) is 0 Å². The van der Waals surface area contributed by atoms with Gasteiger partial charge in [0.05, 0.1) is 16.4 Å². The Bertz CT molecular complexity index is 1480. The van der Waals surface area contributed by atoms with Crippen LogP contribution in [0.2, 0.25) is 0 Å². The Kier molecular flexibility index (Phi) is 7.02. The predicted octanol–water partition coefficient (Wildman–Crippen LogP) is 6.16. The van der Waals surface area contributed by atoms with Gasteiger partial charge < -0.3 is 10.6 Å². The fourth-order valence-corrected chi connectivity index (χ4v) is 4.63. The summed E-state index contributed by atoms with van der Waals surface area (Å²) in [5.41, 5.74) is 5.82. The summed E-state index contributed by atoms with van der Waals surface area (Å²) in [6.45, 7) is 1.06. The van der Waals surface area contributed by atoms with Crippen molar-refractivity contribution in [3.63, 3.8) is 0 Å². The number of hydrogen-bond acceptors (Lipinski definition) is 5. The van der Waals surface area contributed by atoms with E-state index in [-0.39, 0.29) is 5.91 Å². The molecule has 0 unspecified atom stereocenters. The molecule has 2 aromatic carbocycles. The highest BCUT2D eigenvalue weighted by Gasteiger charge is 2.11. The molecule has 0 aliphatic heterocycles. The molecule has 0 bridgehead atoms. The molecule has 0 saturated heterocycles. The van der Waals surface area contributed by atoms with Gasteiger partial charge in [0.1, 0.15) is 5.82 Å². The smallest absolute Gasteiger partial charge is 0.244 e. The Balaban J connectivity index is 1.28. The normalized spacial score (nSPS) is 11.2. The zero-order valence-corrected chi connectivity index (χ0v) is 21.1. The van der Waals surface area contributed by atoms with E-state index < -0.39 is 0 Å². The molecule has 0 aliphatic carbocycles. The van der Waals surface area contributed by atoms with Gasteiger partial charge in [-0.25, -0.2) is 4.98 Å². The molecular weight excluding hydrogens is 522 g/mol. The number of benzene rings is 2. The number of carbonyl (C=O) groups is 1. The molecule has 3 aromatic heterocycles. The minimum atomic E-state index is -0.114. The van der Waals surface area contributed by atoms with Gasteiger partial charge in [0, 0.05) is 30.8 Å². The molecule has 1 amide bonds. The van der Waals surface area contributed by atoms with Crippen LogP contribution in [0, 0.1) is 0 Å². The van der Waals surface area contributed by atoms with Crippen molar-refractivity contribution in [1.29, 1.82) is 0 Å². The van der Waals surface area contributed by atoms with E-state index in [0.29, 0.717) is 13.1 Å². The number of thiophene rings is 1. The zero-order chi connectivity index (χ0) is 24.0. The molecule has 0 saturated carbocycles. The molecule has 8 heteroatoms. The van der Waals surface area contributed by atoms with Crippen molar-refractivity contribution >= 4 is 50.7 Å². The molecule has 5 aromatic rings. The van der Waals surface area contributed by atoms with E-state index in [0.717, 1.165) is 43.9 Å². The zero-order valence-electron chi connectivity index (χ0n) is 18.7. The van der Waals surface area contributed by atoms with Gasteiger partial charge in [-0.15, -0.1) is 0 Å². The van der Waals surface area contributed by atoms with Crippen molar-refractivity contribution in [2.45, 2.75) is 13.1 Å². The molecule has 6 nitrogen and oxygen atoms in total. The van der Waals surface area contributed by atoms with Gasteiger partial charge in [0.15, 0.2) is 5.65 Å². The third-order valence-corrected chi connectivity index (χ3v) is 6.66. The molecule has 2 N–H and O–H groups in total. The maximum absolute atomic E-state index is 12.2. The van der Waals surface area contributed by atoms with Crippen LogP contribution >= 0.6 is 27.3 Å². The van der Waals surface area contributed by atoms with Gasteiger partial charge in [-0.2, -0.15) is 21.0 Å². The van der Waals surface area contributed by atoms with Crippen LogP contribution in [-0.2, 0) is 17.9 Å².